The fourth-order valence-corrected chi connectivity index (χ4v) is 3.40. The Morgan fingerprint density at radius 3 is 2.68 bits per heavy atom. The largest absolute Gasteiger partial charge is 0.374 e. The van der Waals surface area contributed by atoms with Crippen molar-refractivity contribution in [3.8, 4) is 0 Å². The number of piperidine rings is 1. The van der Waals surface area contributed by atoms with Crippen LogP contribution >= 0.6 is 24.0 Å². The van der Waals surface area contributed by atoms with Gasteiger partial charge >= 0.3 is 0 Å². The first-order valence-corrected chi connectivity index (χ1v) is 9.66. The van der Waals surface area contributed by atoms with Crippen LogP contribution in [-0.4, -0.2) is 64.1 Å². The third kappa shape index (κ3) is 7.81. The predicted octanol–water partition coefficient (Wildman–Crippen LogP) is 2.69. The van der Waals surface area contributed by atoms with Gasteiger partial charge in [-0.1, -0.05) is 6.07 Å². The number of carbonyl (C=O) groups is 1. The van der Waals surface area contributed by atoms with Crippen LogP contribution in [0.4, 0.5) is 10.1 Å². The van der Waals surface area contributed by atoms with E-state index in [9.17, 15) is 9.18 Å². The first-order valence-electron chi connectivity index (χ1n) is 9.66. The van der Waals surface area contributed by atoms with Crippen molar-refractivity contribution in [1.82, 2.24) is 15.5 Å². The van der Waals surface area contributed by atoms with Gasteiger partial charge in [0.2, 0.25) is 5.91 Å². The molecule has 1 amide bonds. The minimum Gasteiger partial charge on any atom is -0.374 e. The van der Waals surface area contributed by atoms with Crippen LogP contribution in [-0.2, 0) is 4.79 Å². The Morgan fingerprint density at radius 1 is 1.36 bits per heavy atom. The second-order valence-corrected chi connectivity index (χ2v) is 7.04. The van der Waals surface area contributed by atoms with Crippen molar-refractivity contribution in [2.24, 2.45) is 10.9 Å². The van der Waals surface area contributed by atoms with Gasteiger partial charge in [-0.15, -0.1) is 24.0 Å². The van der Waals surface area contributed by atoms with Gasteiger partial charge in [-0.05, 0) is 43.4 Å². The highest BCUT2D eigenvalue weighted by Crippen LogP contribution is 2.20. The number of benzene rings is 1. The molecule has 158 valence electrons. The third-order valence-electron chi connectivity index (χ3n) is 5.08. The van der Waals surface area contributed by atoms with Crippen LogP contribution in [0.2, 0.25) is 0 Å². The maximum absolute atomic E-state index is 13.3. The number of halogens is 2. The smallest absolute Gasteiger partial charge is 0.220 e. The van der Waals surface area contributed by atoms with E-state index in [-0.39, 0.29) is 35.7 Å². The number of hydrogen-bond acceptors (Lipinski definition) is 3. The first-order chi connectivity index (χ1) is 13.0. The van der Waals surface area contributed by atoms with E-state index in [1.54, 1.807) is 26.2 Å². The Kier molecular flexibility index (Phi) is 11.2. The summed E-state index contributed by atoms with van der Waals surface area (Å²) in [6, 6.07) is 6.66. The molecule has 0 aromatic heterocycles. The number of aliphatic imine (C=N–C) groups is 1. The van der Waals surface area contributed by atoms with Crippen molar-refractivity contribution in [3.63, 3.8) is 0 Å². The van der Waals surface area contributed by atoms with Gasteiger partial charge in [0.1, 0.15) is 5.82 Å². The predicted molar refractivity (Wildman–Crippen MR) is 124 cm³/mol. The fraction of sp³-hybridized carbons (Fsp3) is 0.600. The van der Waals surface area contributed by atoms with Gasteiger partial charge in [-0.3, -0.25) is 9.79 Å². The number of rotatable bonds is 7. The molecule has 1 heterocycles. The summed E-state index contributed by atoms with van der Waals surface area (Å²) >= 11 is 0. The average Bonchev–Trinajstić information content (AvgIpc) is 2.68. The average molecular weight is 505 g/mol. The highest BCUT2D eigenvalue weighted by Gasteiger charge is 2.22. The summed E-state index contributed by atoms with van der Waals surface area (Å²) in [5.41, 5.74) is 0.887. The Balaban J connectivity index is 0.00000392. The fourth-order valence-electron chi connectivity index (χ4n) is 3.40. The van der Waals surface area contributed by atoms with E-state index in [1.807, 2.05) is 13.1 Å². The summed E-state index contributed by atoms with van der Waals surface area (Å²) in [5, 5.41) is 6.12. The van der Waals surface area contributed by atoms with Crippen LogP contribution in [0.3, 0.4) is 0 Å². The molecule has 1 aliphatic rings. The molecule has 0 aliphatic carbocycles. The second-order valence-electron chi connectivity index (χ2n) is 7.04. The molecule has 0 unspecified atom stereocenters. The topological polar surface area (TPSA) is 60.0 Å². The minimum absolute atomic E-state index is 0. The van der Waals surface area contributed by atoms with E-state index < -0.39 is 0 Å². The van der Waals surface area contributed by atoms with Crippen LogP contribution in [0.1, 0.15) is 25.7 Å². The molecule has 0 spiro atoms. The van der Waals surface area contributed by atoms with Gasteiger partial charge in [0.15, 0.2) is 5.96 Å². The number of hydrogen-bond donors (Lipinski definition) is 2. The van der Waals surface area contributed by atoms with Crippen molar-refractivity contribution in [2.75, 3.05) is 52.2 Å². The standard InChI is InChI=1S/C20H32FN5O.HI/c1-22-19(27)14-16-8-12-26(13-9-16)20(23-2)24-10-5-11-25(3)18-7-4-6-17(21)15-18;/h4,6-7,15-16H,5,8-14H2,1-3H3,(H,22,27)(H,23,24);1H. The van der Waals surface area contributed by atoms with E-state index in [4.69, 9.17) is 0 Å². The van der Waals surface area contributed by atoms with Gasteiger partial charge in [-0.25, -0.2) is 4.39 Å². The lowest BCUT2D eigenvalue weighted by Crippen LogP contribution is -2.46. The van der Waals surface area contributed by atoms with Crippen LogP contribution in [0.25, 0.3) is 0 Å². The van der Waals surface area contributed by atoms with Crippen molar-refractivity contribution in [3.05, 3.63) is 30.1 Å². The number of nitrogens with one attached hydrogen (secondary N) is 2. The quantitative estimate of drug-likeness (QED) is 0.259. The van der Waals surface area contributed by atoms with Gasteiger partial charge in [0.25, 0.3) is 0 Å². The molecular formula is C20H33FIN5O. The number of nitrogens with zero attached hydrogens (tertiary/aromatic N) is 3. The molecule has 2 N–H and O–H groups in total. The summed E-state index contributed by atoms with van der Waals surface area (Å²) in [4.78, 5) is 20.2. The second kappa shape index (κ2) is 12.8. The summed E-state index contributed by atoms with van der Waals surface area (Å²) in [5.74, 6) is 1.29. The van der Waals surface area contributed by atoms with Gasteiger partial charge in [0.05, 0.1) is 0 Å². The number of amides is 1. The highest BCUT2D eigenvalue weighted by molar-refractivity contribution is 14.0. The number of anilines is 1. The molecule has 0 radical (unpaired) electrons. The van der Waals surface area contributed by atoms with Crippen LogP contribution in [0.5, 0.6) is 0 Å². The van der Waals surface area contributed by atoms with E-state index in [0.29, 0.717) is 12.3 Å². The molecule has 1 aromatic rings. The van der Waals surface area contributed by atoms with Crippen molar-refractivity contribution in [1.29, 1.82) is 0 Å². The van der Waals surface area contributed by atoms with Crippen molar-refractivity contribution in [2.45, 2.75) is 25.7 Å². The Hall–Kier alpha value is -1.58. The van der Waals surface area contributed by atoms with Crippen LogP contribution in [0, 0.1) is 11.7 Å². The number of carbonyl (C=O) groups excluding carboxylic acids is 1. The summed E-state index contributed by atoms with van der Waals surface area (Å²) < 4.78 is 13.3. The molecule has 1 saturated heterocycles. The molecule has 2 rings (SSSR count). The van der Waals surface area contributed by atoms with Gasteiger partial charge < -0.3 is 20.4 Å². The summed E-state index contributed by atoms with van der Waals surface area (Å²) in [6.45, 7) is 3.49. The molecule has 1 aliphatic heterocycles. The van der Waals surface area contributed by atoms with Crippen molar-refractivity contribution >= 4 is 41.5 Å². The summed E-state index contributed by atoms with van der Waals surface area (Å²) in [7, 11) is 5.47. The lowest BCUT2D eigenvalue weighted by Gasteiger charge is -2.34. The third-order valence-corrected chi connectivity index (χ3v) is 5.08. The normalized spacial score (nSPS) is 15.0. The molecule has 6 nitrogen and oxygen atoms in total. The summed E-state index contributed by atoms with van der Waals surface area (Å²) in [6.07, 6.45) is 3.56. The minimum atomic E-state index is -0.210. The SMILES string of the molecule is CN=C(NCCCN(C)c1cccc(F)c1)N1CCC(CC(=O)NC)CC1.I. The monoisotopic (exact) mass is 505 g/mol. The Morgan fingerprint density at radius 2 is 2.07 bits per heavy atom. The zero-order chi connectivity index (χ0) is 19.6. The lowest BCUT2D eigenvalue weighted by molar-refractivity contribution is -0.121. The number of guanidine groups is 1. The lowest BCUT2D eigenvalue weighted by atomic mass is 9.93. The van der Waals surface area contributed by atoms with E-state index in [0.717, 1.165) is 57.1 Å². The maximum atomic E-state index is 13.3. The Bertz CT molecular complexity index is 635. The molecule has 1 aromatic carbocycles. The van der Waals surface area contributed by atoms with Gasteiger partial charge in [-0.2, -0.15) is 0 Å². The molecule has 0 atom stereocenters. The molecule has 8 heteroatoms. The molecular weight excluding hydrogens is 472 g/mol. The molecule has 0 bridgehead atoms. The highest BCUT2D eigenvalue weighted by atomic mass is 127. The molecule has 0 saturated carbocycles. The Labute approximate surface area is 185 Å². The van der Waals surface area contributed by atoms with Gasteiger partial charge in [0, 0.05) is 59.4 Å². The van der Waals surface area contributed by atoms with E-state index in [1.165, 1.54) is 6.07 Å². The van der Waals surface area contributed by atoms with E-state index in [2.05, 4.69) is 25.4 Å². The van der Waals surface area contributed by atoms with E-state index >= 15 is 0 Å². The molecule has 28 heavy (non-hydrogen) atoms. The molecule has 1 fully saturated rings. The zero-order valence-corrected chi connectivity index (χ0v) is 19.4. The van der Waals surface area contributed by atoms with Crippen LogP contribution < -0.4 is 15.5 Å². The maximum Gasteiger partial charge on any atom is 0.220 e. The van der Waals surface area contributed by atoms with Crippen molar-refractivity contribution < 1.29 is 9.18 Å². The number of likely N-dealkylation sites (tertiary alicyclic amines) is 1. The zero-order valence-electron chi connectivity index (χ0n) is 17.1. The first kappa shape index (κ1) is 24.5. The van der Waals surface area contributed by atoms with Crippen LogP contribution in [0.15, 0.2) is 29.3 Å².